The van der Waals surface area contributed by atoms with Crippen molar-refractivity contribution in [3.63, 3.8) is 0 Å². The van der Waals surface area contributed by atoms with E-state index in [1.807, 2.05) is 0 Å². The fourth-order valence-electron chi connectivity index (χ4n) is 2.80. The molecular formula is C13H22S2. The summed E-state index contributed by atoms with van der Waals surface area (Å²) in [7, 11) is 0. The number of allylic oxidation sites excluding steroid dienone is 1. The van der Waals surface area contributed by atoms with E-state index in [9.17, 15) is 0 Å². The van der Waals surface area contributed by atoms with Gasteiger partial charge in [0, 0.05) is 5.41 Å². The summed E-state index contributed by atoms with van der Waals surface area (Å²) in [5.74, 6) is 3.45. The van der Waals surface area contributed by atoms with Crippen molar-refractivity contribution >= 4 is 23.5 Å². The van der Waals surface area contributed by atoms with Crippen LogP contribution < -0.4 is 0 Å². The second-order valence-electron chi connectivity index (χ2n) is 5.16. The molecule has 1 aliphatic heterocycles. The lowest BCUT2D eigenvalue weighted by atomic mass is 9.69. The van der Waals surface area contributed by atoms with Gasteiger partial charge in [-0.3, -0.25) is 0 Å². The molecule has 0 bridgehead atoms. The Balaban J connectivity index is 2.12. The van der Waals surface area contributed by atoms with Gasteiger partial charge in [0.15, 0.2) is 0 Å². The van der Waals surface area contributed by atoms with Gasteiger partial charge in [0.1, 0.15) is 0 Å². The maximum absolute atomic E-state index is 4.40. The van der Waals surface area contributed by atoms with Crippen molar-refractivity contribution in [2.24, 2.45) is 11.3 Å². The highest BCUT2D eigenvalue weighted by Gasteiger charge is 2.41. The molecule has 15 heavy (non-hydrogen) atoms. The van der Waals surface area contributed by atoms with Gasteiger partial charge in [0.05, 0.1) is 4.58 Å². The molecule has 0 aromatic heterocycles. The van der Waals surface area contributed by atoms with Crippen molar-refractivity contribution in [2.45, 2.75) is 44.1 Å². The molecule has 86 valence electrons. The highest BCUT2D eigenvalue weighted by atomic mass is 32.2. The quantitative estimate of drug-likeness (QED) is 0.618. The average Bonchev–Trinajstić information content (AvgIpc) is 2.27. The van der Waals surface area contributed by atoms with Crippen molar-refractivity contribution in [1.82, 2.24) is 0 Å². The Hall–Kier alpha value is 0.440. The van der Waals surface area contributed by atoms with Crippen molar-refractivity contribution in [2.75, 3.05) is 11.5 Å². The molecule has 0 spiro atoms. The number of rotatable bonds is 1. The lowest BCUT2D eigenvalue weighted by molar-refractivity contribution is 0.286. The highest BCUT2D eigenvalue weighted by Crippen LogP contribution is 2.53. The summed E-state index contributed by atoms with van der Waals surface area (Å²) < 4.78 is 0.779. The molecule has 1 saturated heterocycles. The number of hydrogen-bond acceptors (Lipinski definition) is 2. The fraction of sp³-hybridized carbons (Fsp3) is 0.846. The average molecular weight is 242 g/mol. The van der Waals surface area contributed by atoms with Crippen molar-refractivity contribution in [3.05, 3.63) is 12.2 Å². The predicted molar refractivity (Wildman–Crippen MR) is 73.6 cm³/mol. The second-order valence-corrected chi connectivity index (χ2v) is 7.89. The smallest absolute Gasteiger partial charge is 0.0593 e. The SMILES string of the molecule is C=C1[C@@H](C)CCC[C@]1(C)C1SCCCS1. The monoisotopic (exact) mass is 242 g/mol. The normalized spacial score (nSPS) is 39.3. The predicted octanol–water partition coefficient (Wildman–Crippen LogP) is 4.57. The van der Waals surface area contributed by atoms with Gasteiger partial charge >= 0.3 is 0 Å². The van der Waals surface area contributed by atoms with E-state index < -0.39 is 0 Å². The Morgan fingerprint density at radius 2 is 1.93 bits per heavy atom. The summed E-state index contributed by atoms with van der Waals surface area (Å²) in [4.78, 5) is 0. The Labute approximate surface area is 103 Å². The van der Waals surface area contributed by atoms with E-state index in [1.165, 1.54) is 42.8 Å². The van der Waals surface area contributed by atoms with Crippen molar-refractivity contribution < 1.29 is 0 Å². The van der Waals surface area contributed by atoms with Gasteiger partial charge in [-0.25, -0.2) is 0 Å². The van der Waals surface area contributed by atoms with Crippen LogP contribution >= 0.6 is 23.5 Å². The second kappa shape index (κ2) is 4.75. The third-order valence-corrected chi connectivity index (χ3v) is 7.52. The molecule has 2 fully saturated rings. The fourth-order valence-corrected chi connectivity index (χ4v) is 6.27. The Morgan fingerprint density at radius 3 is 2.60 bits per heavy atom. The molecule has 0 aromatic carbocycles. The van der Waals surface area contributed by atoms with Gasteiger partial charge in [-0.15, -0.1) is 23.5 Å². The van der Waals surface area contributed by atoms with E-state index in [0.717, 1.165) is 10.5 Å². The Morgan fingerprint density at radius 1 is 1.27 bits per heavy atom. The maximum Gasteiger partial charge on any atom is 0.0593 e. The third kappa shape index (κ3) is 2.26. The molecule has 1 heterocycles. The minimum atomic E-state index is 0.410. The molecule has 0 amide bonds. The van der Waals surface area contributed by atoms with Gasteiger partial charge < -0.3 is 0 Å². The molecule has 0 radical (unpaired) electrons. The van der Waals surface area contributed by atoms with Gasteiger partial charge in [-0.1, -0.05) is 32.4 Å². The maximum atomic E-state index is 4.40. The molecule has 2 heteroatoms. The van der Waals surface area contributed by atoms with Crippen LogP contribution in [-0.2, 0) is 0 Å². The molecule has 0 unspecified atom stereocenters. The van der Waals surface area contributed by atoms with E-state index in [-0.39, 0.29) is 0 Å². The summed E-state index contributed by atoms with van der Waals surface area (Å²) in [6, 6.07) is 0. The van der Waals surface area contributed by atoms with Crippen molar-refractivity contribution in [1.29, 1.82) is 0 Å². The largest absolute Gasteiger partial charge is 0.147 e. The standard InChI is InChI=1S/C13H22S2/c1-10-6-4-7-13(3,11(10)2)12-14-8-5-9-15-12/h10,12H,2,4-9H2,1,3H3/t10-,13-/m0/s1. The van der Waals surface area contributed by atoms with Gasteiger partial charge in [-0.05, 0) is 36.7 Å². The zero-order valence-electron chi connectivity index (χ0n) is 9.92. The van der Waals surface area contributed by atoms with Crippen LogP contribution in [0.25, 0.3) is 0 Å². The Kier molecular flexibility index (Phi) is 3.77. The molecular weight excluding hydrogens is 220 g/mol. The van der Waals surface area contributed by atoms with E-state index in [4.69, 9.17) is 0 Å². The molecule has 0 nitrogen and oxygen atoms in total. The lowest BCUT2D eigenvalue weighted by Gasteiger charge is -2.45. The van der Waals surface area contributed by atoms with Gasteiger partial charge in [0.25, 0.3) is 0 Å². The summed E-state index contributed by atoms with van der Waals surface area (Å²) in [6.45, 7) is 9.22. The first kappa shape index (κ1) is 11.9. The van der Waals surface area contributed by atoms with Crippen molar-refractivity contribution in [3.8, 4) is 0 Å². The minimum Gasteiger partial charge on any atom is -0.147 e. The van der Waals surface area contributed by atoms with E-state index in [0.29, 0.717) is 5.41 Å². The zero-order valence-corrected chi connectivity index (χ0v) is 11.6. The van der Waals surface area contributed by atoms with E-state index in [1.54, 1.807) is 0 Å². The van der Waals surface area contributed by atoms with E-state index in [2.05, 4.69) is 44.0 Å². The van der Waals surface area contributed by atoms with Crippen LogP contribution in [0.5, 0.6) is 0 Å². The number of hydrogen-bond donors (Lipinski definition) is 0. The molecule has 0 N–H and O–H groups in total. The molecule has 0 aromatic rings. The van der Waals surface area contributed by atoms with Crippen LogP contribution in [0.15, 0.2) is 12.2 Å². The molecule has 2 rings (SSSR count). The topological polar surface area (TPSA) is 0 Å². The van der Waals surface area contributed by atoms with Crippen LogP contribution in [0.1, 0.15) is 39.5 Å². The Bertz CT molecular complexity index is 243. The molecule has 1 saturated carbocycles. The first-order valence-electron chi connectivity index (χ1n) is 6.07. The van der Waals surface area contributed by atoms with Crippen LogP contribution in [0.3, 0.4) is 0 Å². The van der Waals surface area contributed by atoms with Crippen LogP contribution in [0.4, 0.5) is 0 Å². The van der Waals surface area contributed by atoms with Crippen LogP contribution in [0.2, 0.25) is 0 Å². The van der Waals surface area contributed by atoms with Gasteiger partial charge in [-0.2, -0.15) is 0 Å². The first-order valence-corrected chi connectivity index (χ1v) is 8.17. The van der Waals surface area contributed by atoms with Crippen LogP contribution in [0, 0.1) is 11.3 Å². The molecule has 2 atom stereocenters. The minimum absolute atomic E-state index is 0.410. The molecule has 2 aliphatic rings. The van der Waals surface area contributed by atoms with Gasteiger partial charge in [0.2, 0.25) is 0 Å². The summed E-state index contributed by atoms with van der Waals surface area (Å²) in [5, 5.41) is 0. The van der Waals surface area contributed by atoms with Crippen LogP contribution in [-0.4, -0.2) is 16.1 Å². The zero-order chi connectivity index (χ0) is 10.9. The summed E-state index contributed by atoms with van der Waals surface area (Å²) >= 11 is 4.35. The first-order chi connectivity index (χ1) is 7.14. The summed E-state index contributed by atoms with van der Waals surface area (Å²) in [5.41, 5.74) is 1.94. The third-order valence-electron chi connectivity index (χ3n) is 4.01. The summed E-state index contributed by atoms with van der Waals surface area (Å²) in [6.07, 6.45) is 5.51. The lowest BCUT2D eigenvalue weighted by Crippen LogP contribution is -2.36. The molecule has 1 aliphatic carbocycles. The highest BCUT2D eigenvalue weighted by molar-refractivity contribution is 8.17. The number of thioether (sulfide) groups is 2. The van der Waals surface area contributed by atoms with E-state index >= 15 is 0 Å².